The molecule has 16 heavy (non-hydrogen) atoms. The molecule has 84 valence electrons. The van der Waals surface area contributed by atoms with E-state index in [4.69, 9.17) is 10.5 Å². The molecule has 0 aliphatic carbocycles. The molecule has 0 saturated heterocycles. The van der Waals surface area contributed by atoms with E-state index in [0.29, 0.717) is 13.2 Å². The molecular formula is C12H15N3O. The first-order valence-corrected chi connectivity index (χ1v) is 5.30. The highest BCUT2D eigenvalue weighted by Gasteiger charge is 2.03. The fourth-order valence-corrected chi connectivity index (χ4v) is 1.61. The van der Waals surface area contributed by atoms with Crippen molar-refractivity contribution in [3.8, 4) is 11.4 Å². The zero-order valence-electron chi connectivity index (χ0n) is 9.26. The lowest BCUT2D eigenvalue weighted by Crippen LogP contribution is -2.06. The van der Waals surface area contributed by atoms with Crippen LogP contribution in [0.25, 0.3) is 5.69 Å². The van der Waals surface area contributed by atoms with Crippen molar-refractivity contribution in [2.24, 2.45) is 5.73 Å². The van der Waals surface area contributed by atoms with Crippen LogP contribution in [0.4, 0.5) is 0 Å². The summed E-state index contributed by atoms with van der Waals surface area (Å²) in [6.45, 7) is 3.05. The minimum atomic E-state index is 0.422. The quantitative estimate of drug-likeness (QED) is 0.848. The van der Waals surface area contributed by atoms with E-state index in [-0.39, 0.29) is 0 Å². The molecule has 0 fully saturated rings. The molecule has 0 unspecified atom stereocenters. The molecule has 1 aromatic carbocycles. The molecule has 2 aromatic rings. The number of aromatic nitrogens is 2. The molecule has 1 heterocycles. The Bertz CT molecular complexity index is 465. The second-order valence-corrected chi connectivity index (χ2v) is 3.35. The van der Waals surface area contributed by atoms with Gasteiger partial charge in [0, 0.05) is 18.5 Å². The maximum atomic E-state index is 5.61. The van der Waals surface area contributed by atoms with Gasteiger partial charge in [-0.1, -0.05) is 6.07 Å². The standard InChI is InChI=1S/C12H15N3O/c1-2-16-11-5-3-4-10(8-11)15-7-6-14-12(15)9-13/h3-8H,2,9,13H2,1H3. The number of nitrogens with zero attached hydrogens (tertiary/aromatic N) is 2. The predicted octanol–water partition coefficient (Wildman–Crippen LogP) is 1.73. The molecule has 2 N–H and O–H groups in total. The first-order chi connectivity index (χ1) is 7.85. The number of benzene rings is 1. The van der Waals surface area contributed by atoms with Gasteiger partial charge in [-0.3, -0.25) is 0 Å². The molecule has 0 spiro atoms. The van der Waals surface area contributed by atoms with Crippen LogP contribution in [0.2, 0.25) is 0 Å². The Hall–Kier alpha value is -1.81. The van der Waals surface area contributed by atoms with Crippen LogP contribution in [0.5, 0.6) is 5.75 Å². The summed E-state index contributed by atoms with van der Waals surface area (Å²) in [5.41, 5.74) is 6.63. The van der Waals surface area contributed by atoms with E-state index < -0.39 is 0 Å². The highest BCUT2D eigenvalue weighted by atomic mass is 16.5. The average Bonchev–Trinajstić information content (AvgIpc) is 2.78. The fourth-order valence-electron chi connectivity index (χ4n) is 1.61. The SMILES string of the molecule is CCOc1cccc(-n2ccnc2CN)c1. The Labute approximate surface area is 94.7 Å². The highest BCUT2D eigenvalue weighted by Crippen LogP contribution is 2.17. The van der Waals surface area contributed by atoms with Gasteiger partial charge in [-0.05, 0) is 19.1 Å². The number of rotatable bonds is 4. The van der Waals surface area contributed by atoms with E-state index in [0.717, 1.165) is 17.3 Å². The van der Waals surface area contributed by atoms with Crippen molar-refractivity contribution in [1.82, 2.24) is 9.55 Å². The topological polar surface area (TPSA) is 53.1 Å². The van der Waals surface area contributed by atoms with Crippen molar-refractivity contribution in [3.63, 3.8) is 0 Å². The second-order valence-electron chi connectivity index (χ2n) is 3.35. The van der Waals surface area contributed by atoms with E-state index in [9.17, 15) is 0 Å². The van der Waals surface area contributed by atoms with E-state index in [1.807, 2.05) is 42.0 Å². The summed E-state index contributed by atoms with van der Waals surface area (Å²) in [6.07, 6.45) is 3.64. The lowest BCUT2D eigenvalue weighted by Gasteiger charge is -2.08. The van der Waals surface area contributed by atoms with E-state index in [1.165, 1.54) is 0 Å². The summed E-state index contributed by atoms with van der Waals surface area (Å²) < 4.78 is 7.41. The van der Waals surface area contributed by atoms with Gasteiger partial charge >= 0.3 is 0 Å². The van der Waals surface area contributed by atoms with Crippen molar-refractivity contribution < 1.29 is 4.74 Å². The minimum Gasteiger partial charge on any atom is -0.494 e. The molecule has 0 radical (unpaired) electrons. The van der Waals surface area contributed by atoms with Gasteiger partial charge in [0.25, 0.3) is 0 Å². The Morgan fingerprint density at radius 3 is 3.06 bits per heavy atom. The minimum absolute atomic E-state index is 0.422. The van der Waals surface area contributed by atoms with Gasteiger partial charge in [0.05, 0.1) is 18.8 Å². The van der Waals surface area contributed by atoms with Crippen molar-refractivity contribution in [1.29, 1.82) is 0 Å². The summed E-state index contributed by atoms with van der Waals surface area (Å²) in [5, 5.41) is 0. The Morgan fingerprint density at radius 1 is 1.44 bits per heavy atom. The Balaban J connectivity index is 2.36. The zero-order valence-corrected chi connectivity index (χ0v) is 9.26. The summed E-state index contributed by atoms with van der Waals surface area (Å²) in [5.74, 6) is 1.70. The van der Waals surface area contributed by atoms with Gasteiger partial charge in [-0.25, -0.2) is 4.98 Å². The maximum Gasteiger partial charge on any atom is 0.126 e. The third-order valence-electron chi connectivity index (χ3n) is 2.31. The third-order valence-corrected chi connectivity index (χ3v) is 2.31. The molecular weight excluding hydrogens is 202 g/mol. The molecule has 1 aromatic heterocycles. The van der Waals surface area contributed by atoms with Crippen LogP contribution in [-0.2, 0) is 6.54 Å². The van der Waals surface area contributed by atoms with Gasteiger partial charge in [0.1, 0.15) is 11.6 Å². The number of imidazole rings is 1. The predicted molar refractivity (Wildman–Crippen MR) is 62.6 cm³/mol. The van der Waals surface area contributed by atoms with Gasteiger partial charge in [-0.2, -0.15) is 0 Å². The monoisotopic (exact) mass is 217 g/mol. The summed E-state index contributed by atoms with van der Waals surface area (Å²) in [6, 6.07) is 7.88. The van der Waals surface area contributed by atoms with Crippen LogP contribution < -0.4 is 10.5 Å². The largest absolute Gasteiger partial charge is 0.494 e. The highest BCUT2D eigenvalue weighted by molar-refractivity contribution is 5.40. The first kappa shape index (κ1) is 10.7. The van der Waals surface area contributed by atoms with Crippen molar-refractivity contribution in [2.75, 3.05) is 6.61 Å². The van der Waals surface area contributed by atoms with E-state index in [2.05, 4.69) is 4.98 Å². The van der Waals surface area contributed by atoms with Crippen molar-refractivity contribution in [3.05, 3.63) is 42.5 Å². The van der Waals surface area contributed by atoms with Gasteiger partial charge in [0.2, 0.25) is 0 Å². The summed E-state index contributed by atoms with van der Waals surface area (Å²) in [7, 11) is 0. The molecule has 0 saturated carbocycles. The van der Waals surface area contributed by atoms with E-state index in [1.54, 1.807) is 6.20 Å². The van der Waals surface area contributed by atoms with Crippen LogP contribution in [0.15, 0.2) is 36.7 Å². The Kier molecular flexibility index (Phi) is 3.22. The van der Waals surface area contributed by atoms with Gasteiger partial charge in [0.15, 0.2) is 0 Å². The van der Waals surface area contributed by atoms with Crippen molar-refractivity contribution in [2.45, 2.75) is 13.5 Å². The lowest BCUT2D eigenvalue weighted by molar-refractivity contribution is 0.340. The molecule has 2 rings (SSSR count). The smallest absolute Gasteiger partial charge is 0.126 e. The van der Waals surface area contributed by atoms with Crippen molar-refractivity contribution >= 4 is 0 Å². The van der Waals surface area contributed by atoms with Crippen LogP contribution in [-0.4, -0.2) is 16.2 Å². The van der Waals surface area contributed by atoms with E-state index >= 15 is 0 Å². The van der Waals surface area contributed by atoms with Gasteiger partial charge in [-0.15, -0.1) is 0 Å². The first-order valence-electron chi connectivity index (χ1n) is 5.30. The molecule has 0 aliphatic heterocycles. The molecule has 0 bridgehead atoms. The normalized spacial score (nSPS) is 10.4. The molecule has 0 aliphatic rings. The number of ether oxygens (including phenoxy) is 1. The van der Waals surface area contributed by atoms with Crippen LogP contribution in [0, 0.1) is 0 Å². The summed E-state index contributed by atoms with van der Waals surface area (Å²) in [4.78, 5) is 4.18. The summed E-state index contributed by atoms with van der Waals surface area (Å²) >= 11 is 0. The van der Waals surface area contributed by atoms with Crippen LogP contribution in [0.1, 0.15) is 12.7 Å². The number of hydrogen-bond acceptors (Lipinski definition) is 3. The number of hydrogen-bond donors (Lipinski definition) is 1. The maximum absolute atomic E-state index is 5.61. The van der Waals surface area contributed by atoms with Crippen LogP contribution >= 0.6 is 0 Å². The number of nitrogens with two attached hydrogens (primary N) is 1. The van der Waals surface area contributed by atoms with Crippen LogP contribution in [0.3, 0.4) is 0 Å². The second kappa shape index (κ2) is 4.81. The van der Waals surface area contributed by atoms with Gasteiger partial charge < -0.3 is 15.0 Å². The fraction of sp³-hybridized carbons (Fsp3) is 0.250. The molecule has 4 nitrogen and oxygen atoms in total. The molecule has 0 atom stereocenters. The zero-order chi connectivity index (χ0) is 11.4. The third kappa shape index (κ3) is 2.06. The molecule has 0 amide bonds. The molecule has 4 heteroatoms. The Morgan fingerprint density at radius 2 is 2.31 bits per heavy atom. The average molecular weight is 217 g/mol. The lowest BCUT2D eigenvalue weighted by atomic mass is 10.3.